The Balaban J connectivity index is 2.07. The topological polar surface area (TPSA) is 84.6 Å². The molecule has 0 saturated heterocycles. The standard InChI is InChI=1S/C16H17FN2O4/c1-23-16-9-11(2-4-13(16)17)6-7-18-14-8-12(10-20)3-5-15(14)19(21)22/h2-5,8-9,18,20H,6-7,10H2,1H3. The first-order chi connectivity index (χ1) is 11.0. The summed E-state index contributed by atoms with van der Waals surface area (Å²) in [5, 5.41) is 23.1. The Kier molecular flexibility index (Phi) is 5.48. The summed E-state index contributed by atoms with van der Waals surface area (Å²) in [6, 6.07) is 8.96. The van der Waals surface area contributed by atoms with Crippen LogP contribution in [-0.4, -0.2) is 23.7 Å². The molecule has 0 fully saturated rings. The number of rotatable bonds is 7. The van der Waals surface area contributed by atoms with Crippen LogP contribution in [0.4, 0.5) is 15.8 Å². The van der Waals surface area contributed by atoms with Gasteiger partial charge in [0.25, 0.3) is 5.69 Å². The van der Waals surface area contributed by atoms with Gasteiger partial charge in [0.1, 0.15) is 5.69 Å². The van der Waals surface area contributed by atoms with Crippen molar-refractivity contribution in [2.24, 2.45) is 0 Å². The van der Waals surface area contributed by atoms with Crippen LogP contribution in [0.3, 0.4) is 0 Å². The van der Waals surface area contributed by atoms with Crippen molar-refractivity contribution in [2.45, 2.75) is 13.0 Å². The summed E-state index contributed by atoms with van der Waals surface area (Å²) in [4.78, 5) is 10.5. The molecule has 2 rings (SSSR count). The highest BCUT2D eigenvalue weighted by Crippen LogP contribution is 2.26. The van der Waals surface area contributed by atoms with Crippen LogP contribution in [0.5, 0.6) is 5.75 Å². The molecule has 0 radical (unpaired) electrons. The van der Waals surface area contributed by atoms with Gasteiger partial charge in [0.2, 0.25) is 0 Å². The van der Waals surface area contributed by atoms with Crippen LogP contribution in [0.15, 0.2) is 36.4 Å². The molecule has 0 spiro atoms. The first-order valence-corrected chi connectivity index (χ1v) is 6.99. The monoisotopic (exact) mass is 320 g/mol. The lowest BCUT2D eigenvalue weighted by Gasteiger charge is -2.09. The number of hydrogen-bond donors (Lipinski definition) is 2. The maximum atomic E-state index is 13.3. The largest absolute Gasteiger partial charge is 0.494 e. The predicted octanol–water partition coefficient (Wildman–Crippen LogP) is 2.89. The van der Waals surface area contributed by atoms with Gasteiger partial charge < -0.3 is 15.2 Å². The maximum Gasteiger partial charge on any atom is 0.292 e. The van der Waals surface area contributed by atoms with Gasteiger partial charge in [-0.1, -0.05) is 6.07 Å². The number of nitrogens with one attached hydrogen (secondary N) is 1. The maximum absolute atomic E-state index is 13.3. The molecule has 2 aromatic rings. The zero-order valence-electron chi connectivity index (χ0n) is 12.6. The van der Waals surface area contributed by atoms with E-state index in [1.807, 2.05) is 0 Å². The van der Waals surface area contributed by atoms with Crippen LogP contribution in [0.25, 0.3) is 0 Å². The number of nitro benzene ring substituents is 1. The summed E-state index contributed by atoms with van der Waals surface area (Å²) >= 11 is 0. The number of nitrogens with zero attached hydrogens (tertiary/aromatic N) is 1. The number of halogens is 1. The van der Waals surface area contributed by atoms with E-state index in [0.29, 0.717) is 24.2 Å². The molecule has 0 unspecified atom stereocenters. The Hall–Kier alpha value is -2.67. The fraction of sp³-hybridized carbons (Fsp3) is 0.250. The van der Waals surface area contributed by atoms with Crippen LogP contribution >= 0.6 is 0 Å². The van der Waals surface area contributed by atoms with Crippen LogP contribution in [0.2, 0.25) is 0 Å². The molecule has 2 aromatic carbocycles. The number of nitro groups is 1. The van der Waals surface area contributed by atoms with Crippen LogP contribution in [0, 0.1) is 15.9 Å². The SMILES string of the molecule is COc1cc(CCNc2cc(CO)ccc2[N+](=O)[O-])ccc1F. The highest BCUT2D eigenvalue weighted by Gasteiger charge is 2.13. The van der Waals surface area contributed by atoms with E-state index < -0.39 is 10.7 Å². The summed E-state index contributed by atoms with van der Waals surface area (Å²) < 4.78 is 18.3. The first kappa shape index (κ1) is 16.7. The predicted molar refractivity (Wildman–Crippen MR) is 84.2 cm³/mol. The van der Waals surface area contributed by atoms with E-state index in [4.69, 9.17) is 9.84 Å². The van der Waals surface area contributed by atoms with Gasteiger partial charge in [-0.2, -0.15) is 0 Å². The van der Waals surface area contributed by atoms with Crippen molar-refractivity contribution >= 4 is 11.4 Å². The second kappa shape index (κ2) is 7.55. The molecule has 7 heteroatoms. The molecule has 0 aliphatic rings. The molecule has 0 aromatic heterocycles. The molecule has 0 saturated carbocycles. The van der Waals surface area contributed by atoms with Crippen molar-refractivity contribution < 1.29 is 19.2 Å². The minimum absolute atomic E-state index is 0.0566. The van der Waals surface area contributed by atoms with E-state index in [0.717, 1.165) is 5.56 Å². The Labute approximate surface area is 132 Å². The average molecular weight is 320 g/mol. The molecular formula is C16H17FN2O4. The molecule has 0 heterocycles. The van der Waals surface area contributed by atoms with Crippen molar-refractivity contribution in [3.8, 4) is 5.75 Å². The third-order valence-electron chi connectivity index (χ3n) is 3.38. The zero-order chi connectivity index (χ0) is 16.8. The van der Waals surface area contributed by atoms with E-state index >= 15 is 0 Å². The minimum atomic E-state index is -0.482. The highest BCUT2D eigenvalue weighted by atomic mass is 19.1. The summed E-state index contributed by atoms with van der Waals surface area (Å²) in [6.07, 6.45) is 0.539. The fourth-order valence-electron chi connectivity index (χ4n) is 2.18. The van der Waals surface area contributed by atoms with Crippen molar-refractivity contribution in [3.05, 3.63) is 63.5 Å². The quantitative estimate of drug-likeness (QED) is 0.605. The number of benzene rings is 2. The highest BCUT2D eigenvalue weighted by molar-refractivity contribution is 5.62. The summed E-state index contributed by atoms with van der Waals surface area (Å²) in [5.74, 6) is -0.272. The Morgan fingerprint density at radius 1 is 1.26 bits per heavy atom. The molecule has 0 atom stereocenters. The lowest BCUT2D eigenvalue weighted by molar-refractivity contribution is -0.384. The van der Waals surface area contributed by atoms with E-state index in [2.05, 4.69) is 5.32 Å². The zero-order valence-corrected chi connectivity index (χ0v) is 12.6. The first-order valence-electron chi connectivity index (χ1n) is 6.99. The molecule has 0 aliphatic carbocycles. The molecule has 23 heavy (non-hydrogen) atoms. The van der Waals surface area contributed by atoms with E-state index in [-0.39, 0.29) is 18.0 Å². The number of anilines is 1. The summed E-state index contributed by atoms with van der Waals surface area (Å²) in [7, 11) is 1.39. The van der Waals surface area contributed by atoms with Crippen LogP contribution in [0.1, 0.15) is 11.1 Å². The third kappa shape index (κ3) is 4.17. The van der Waals surface area contributed by atoms with Gasteiger partial charge in [-0.05, 0) is 41.8 Å². The molecule has 0 aliphatic heterocycles. The van der Waals surface area contributed by atoms with Crippen molar-refractivity contribution in [1.82, 2.24) is 0 Å². The number of ether oxygens (including phenoxy) is 1. The van der Waals surface area contributed by atoms with E-state index in [1.54, 1.807) is 18.2 Å². The van der Waals surface area contributed by atoms with Gasteiger partial charge >= 0.3 is 0 Å². The second-order valence-corrected chi connectivity index (χ2v) is 4.91. The molecule has 6 nitrogen and oxygen atoms in total. The minimum Gasteiger partial charge on any atom is -0.494 e. The van der Waals surface area contributed by atoms with E-state index in [1.165, 1.54) is 25.3 Å². The summed E-state index contributed by atoms with van der Waals surface area (Å²) in [5.41, 5.74) is 1.72. The van der Waals surface area contributed by atoms with Gasteiger partial charge in [0, 0.05) is 12.6 Å². The van der Waals surface area contributed by atoms with Crippen LogP contribution in [-0.2, 0) is 13.0 Å². The third-order valence-corrected chi connectivity index (χ3v) is 3.38. The van der Waals surface area contributed by atoms with E-state index in [9.17, 15) is 14.5 Å². The average Bonchev–Trinajstić information content (AvgIpc) is 2.56. The molecule has 122 valence electrons. The molecular weight excluding hydrogens is 303 g/mol. The fourth-order valence-corrected chi connectivity index (χ4v) is 2.18. The van der Waals surface area contributed by atoms with Crippen molar-refractivity contribution in [1.29, 1.82) is 0 Å². The van der Waals surface area contributed by atoms with Crippen LogP contribution < -0.4 is 10.1 Å². The van der Waals surface area contributed by atoms with Crippen molar-refractivity contribution in [3.63, 3.8) is 0 Å². The van der Waals surface area contributed by atoms with Gasteiger partial charge in [-0.25, -0.2) is 4.39 Å². The second-order valence-electron chi connectivity index (χ2n) is 4.91. The lowest BCUT2D eigenvalue weighted by Crippen LogP contribution is -2.07. The Bertz CT molecular complexity index is 706. The molecule has 0 amide bonds. The van der Waals surface area contributed by atoms with Gasteiger partial charge in [0.05, 0.1) is 18.6 Å². The Morgan fingerprint density at radius 3 is 2.65 bits per heavy atom. The van der Waals surface area contributed by atoms with Gasteiger partial charge in [-0.3, -0.25) is 10.1 Å². The number of methoxy groups -OCH3 is 1. The number of aliphatic hydroxyl groups excluding tert-OH is 1. The number of hydrogen-bond acceptors (Lipinski definition) is 5. The number of aliphatic hydroxyl groups is 1. The molecule has 2 N–H and O–H groups in total. The summed E-state index contributed by atoms with van der Waals surface area (Å²) in [6.45, 7) is 0.229. The lowest BCUT2D eigenvalue weighted by atomic mass is 10.1. The normalized spacial score (nSPS) is 10.4. The molecule has 0 bridgehead atoms. The van der Waals surface area contributed by atoms with Gasteiger partial charge in [0.15, 0.2) is 11.6 Å². The van der Waals surface area contributed by atoms with Crippen molar-refractivity contribution in [2.75, 3.05) is 19.0 Å². The van der Waals surface area contributed by atoms with Gasteiger partial charge in [-0.15, -0.1) is 0 Å². The smallest absolute Gasteiger partial charge is 0.292 e. The Morgan fingerprint density at radius 2 is 2.00 bits per heavy atom.